The van der Waals surface area contributed by atoms with Crippen LogP contribution >= 0.6 is 11.6 Å². The van der Waals surface area contributed by atoms with Crippen molar-refractivity contribution < 1.29 is 5.11 Å². The second-order valence-corrected chi connectivity index (χ2v) is 7.21. The number of phenolic OH excluding ortho intramolecular Hbond substituents is 1. The van der Waals surface area contributed by atoms with Crippen molar-refractivity contribution in [1.29, 1.82) is 0 Å². The molecule has 0 unspecified atom stereocenters. The number of halogens is 1. The third kappa shape index (κ3) is 4.19. The van der Waals surface area contributed by atoms with Crippen LogP contribution < -0.4 is 0 Å². The minimum Gasteiger partial charge on any atom is -0.507 e. The number of hydrogen-bond donors (Lipinski definition) is 1. The van der Waals surface area contributed by atoms with E-state index in [0.29, 0.717) is 23.6 Å². The van der Waals surface area contributed by atoms with Crippen molar-refractivity contribution in [2.24, 2.45) is 0 Å². The van der Waals surface area contributed by atoms with Crippen LogP contribution in [0.15, 0.2) is 84.9 Å². The predicted octanol–water partition coefficient (Wildman–Crippen LogP) is 6.38. The third-order valence-corrected chi connectivity index (χ3v) is 5.00. The summed E-state index contributed by atoms with van der Waals surface area (Å²) in [7, 11) is 0. The number of hydrogen-bond acceptors (Lipinski definition) is 1. The van der Waals surface area contributed by atoms with Gasteiger partial charge in [0.1, 0.15) is 5.75 Å². The molecule has 0 saturated heterocycles. The highest BCUT2D eigenvalue weighted by Gasteiger charge is 2.08. The average Bonchev–Trinajstić information content (AvgIpc) is 2.73. The first-order valence-corrected chi connectivity index (χ1v) is 9.59. The van der Waals surface area contributed by atoms with Gasteiger partial charge in [-0.3, -0.25) is 0 Å². The van der Waals surface area contributed by atoms with E-state index in [0.717, 1.165) is 27.5 Å². The summed E-state index contributed by atoms with van der Waals surface area (Å²) in [6.45, 7) is 0. The van der Waals surface area contributed by atoms with Gasteiger partial charge >= 0.3 is 0 Å². The van der Waals surface area contributed by atoms with E-state index >= 15 is 0 Å². The Morgan fingerprint density at radius 2 is 1.54 bits per heavy atom. The summed E-state index contributed by atoms with van der Waals surface area (Å²) >= 11 is 5.96. The molecule has 0 radical (unpaired) electrons. The standard InChI is InChI=1S/C26H19ClO/c27-24-15-10-21(11-16-24)17-23-14-13-22-12-9-20(18-25(22)26(23)28)8-4-7-19-5-2-1-3-6-19/h1-3,5-6,9-16,18,28H,7,17H2. The second-order valence-electron chi connectivity index (χ2n) is 6.78. The topological polar surface area (TPSA) is 20.2 Å². The first kappa shape index (κ1) is 18.2. The zero-order valence-corrected chi connectivity index (χ0v) is 16.1. The fourth-order valence-electron chi connectivity index (χ4n) is 3.24. The van der Waals surface area contributed by atoms with Gasteiger partial charge in [0.15, 0.2) is 0 Å². The second kappa shape index (κ2) is 8.21. The molecule has 0 amide bonds. The Morgan fingerprint density at radius 1 is 0.786 bits per heavy atom. The summed E-state index contributed by atoms with van der Waals surface area (Å²) < 4.78 is 0. The zero-order valence-electron chi connectivity index (χ0n) is 15.3. The van der Waals surface area contributed by atoms with Crippen molar-refractivity contribution in [2.45, 2.75) is 12.8 Å². The maximum atomic E-state index is 10.8. The van der Waals surface area contributed by atoms with Crippen LogP contribution in [0.3, 0.4) is 0 Å². The lowest BCUT2D eigenvalue weighted by Gasteiger charge is -2.09. The highest BCUT2D eigenvalue weighted by molar-refractivity contribution is 6.30. The van der Waals surface area contributed by atoms with Gasteiger partial charge in [0.25, 0.3) is 0 Å². The Morgan fingerprint density at radius 3 is 2.32 bits per heavy atom. The van der Waals surface area contributed by atoms with Crippen molar-refractivity contribution >= 4 is 22.4 Å². The van der Waals surface area contributed by atoms with Gasteiger partial charge in [-0.05, 0) is 46.3 Å². The molecule has 1 nitrogen and oxygen atoms in total. The maximum absolute atomic E-state index is 10.8. The van der Waals surface area contributed by atoms with Crippen LogP contribution in [0.4, 0.5) is 0 Å². The molecule has 136 valence electrons. The van der Waals surface area contributed by atoms with Crippen molar-refractivity contribution in [2.75, 3.05) is 0 Å². The maximum Gasteiger partial charge on any atom is 0.126 e. The fourth-order valence-corrected chi connectivity index (χ4v) is 3.36. The normalized spacial score (nSPS) is 10.5. The van der Waals surface area contributed by atoms with E-state index < -0.39 is 0 Å². The molecule has 0 heterocycles. The molecule has 0 atom stereocenters. The average molecular weight is 383 g/mol. The van der Waals surface area contributed by atoms with Crippen molar-refractivity contribution in [3.8, 4) is 17.6 Å². The molecule has 4 aromatic rings. The Kier molecular flexibility index (Phi) is 5.33. The lowest BCUT2D eigenvalue weighted by Crippen LogP contribution is -1.90. The molecule has 0 saturated carbocycles. The summed E-state index contributed by atoms with van der Waals surface area (Å²) in [5.74, 6) is 6.75. The van der Waals surface area contributed by atoms with Gasteiger partial charge < -0.3 is 5.11 Å². The minimum absolute atomic E-state index is 0.319. The molecule has 0 aliphatic rings. The van der Waals surface area contributed by atoms with Crippen molar-refractivity contribution in [3.63, 3.8) is 0 Å². The molecule has 4 aromatic carbocycles. The van der Waals surface area contributed by atoms with E-state index in [1.165, 1.54) is 5.56 Å². The fraction of sp³-hybridized carbons (Fsp3) is 0.0769. The number of aromatic hydroxyl groups is 1. The lowest BCUT2D eigenvalue weighted by atomic mass is 9.98. The first-order valence-electron chi connectivity index (χ1n) is 9.21. The summed E-state index contributed by atoms with van der Waals surface area (Å²) in [5, 5.41) is 13.4. The molecule has 0 aromatic heterocycles. The van der Waals surface area contributed by atoms with E-state index in [4.69, 9.17) is 11.6 Å². The van der Waals surface area contributed by atoms with Gasteiger partial charge in [-0.1, -0.05) is 84.1 Å². The lowest BCUT2D eigenvalue weighted by molar-refractivity contribution is 0.476. The van der Waals surface area contributed by atoms with Crippen LogP contribution in [-0.2, 0) is 12.8 Å². The summed E-state index contributed by atoms with van der Waals surface area (Å²) in [4.78, 5) is 0. The molecule has 1 N–H and O–H groups in total. The van der Waals surface area contributed by atoms with Crippen molar-refractivity contribution in [1.82, 2.24) is 0 Å². The van der Waals surface area contributed by atoms with Crippen LogP contribution in [0.2, 0.25) is 5.02 Å². The van der Waals surface area contributed by atoms with Gasteiger partial charge in [-0.25, -0.2) is 0 Å². The number of benzene rings is 4. The molecule has 28 heavy (non-hydrogen) atoms. The third-order valence-electron chi connectivity index (χ3n) is 4.75. The van der Waals surface area contributed by atoms with E-state index in [-0.39, 0.29) is 0 Å². The highest BCUT2D eigenvalue weighted by atomic mass is 35.5. The molecule has 0 aliphatic heterocycles. The van der Waals surface area contributed by atoms with Crippen LogP contribution in [0.25, 0.3) is 10.8 Å². The quantitative estimate of drug-likeness (QED) is 0.407. The van der Waals surface area contributed by atoms with Crippen LogP contribution in [0, 0.1) is 11.8 Å². The number of phenols is 1. The van der Waals surface area contributed by atoms with Gasteiger partial charge in [-0.15, -0.1) is 0 Å². The van der Waals surface area contributed by atoms with Gasteiger partial charge in [0.05, 0.1) is 0 Å². The Labute approximate surface area is 170 Å². The number of fused-ring (bicyclic) bond motifs is 1. The van der Waals surface area contributed by atoms with Crippen molar-refractivity contribution in [3.05, 3.63) is 112 Å². The Hall–Kier alpha value is -3.21. The SMILES string of the molecule is Oc1c(Cc2ccc(Cl)cc2)ccc2ccc(C#CCc3ccccc3)cc12. The molecule has 0 bridgehead atoms. The zero-order chi connectivity index (χ0) is 19.3. The van der Waals surface area contributed by atoms with Crippen LogP contribution in [0.5, 0.6) is 5.75 Å². The van der Waals surface area contributed by atoms with E-state index in [1.807, 2.05) is 72.8 Å². The van der Waals surface area contributed by atoms with E-state index in [1.54, 1.807) is 0 Å². The predicted molar refractivity (Wildman–Crippen MR) is 117 cm³/mol. The minimum atomic E-state index is 0.319. The Balaban J connectivity index is 1.61. The summed E-state index contributed by atoms with van der Waals surface area (Å²) in [6.07, 6.45) is 1.37. The molecular formula is C26H19ClO. The van der Waals surface area contributed by atoms with Gasteiger partial charge in [0, 0.05) is 28.8 Å². The molecule has 0 fully saturated rings. The Bertz CT molecular complexity index is 1170. The summed E-state index contributed by atoms with van der Waals surface area (Å²) in [5.41, 5.74) is 4.10. The first-order chi connectivity index (χ1) is 13.7. The molecule has 2 heteroatoms. The van der Waals surface area contributed by atoms with E-state index in [9.17, 15) is 5.11 Å². The molecule has 0 spiro atoms. The number of rotatable bonds is 3. The molecule has 0 aliphatic carbocycles. The van der Waals surface area contributed by atoms with Gasteiger partial charge in [0.2, 0.25) is 0 Å². The van der Waals surface area contributed by atoms with Crippen LogP contribution in [-0.4, -0.2) is 5.11 Å². The summed E-state index contributed by atoms with van der Waals surface area (Å²) in [6, 6.07) is 27.9. The highest BCUT2D eigenvalue weighted by Crippen LogP contribution is 2.31. The van der Waals surface area contributed by atoms with Gasteiger partial charge in [-0.2, -0.15) is 0 Å². The molecule has 4 rings (SSSR count). The molecular weight excluding hydrogens is 364 g/mol. The smallest absolute Gasteiger partial charge is 0.126 e. The monoisotopic (exact) mass is 382 g/mol. The van der Waals surface area contributed by atoms with E-state index in [2.05, 4.69) is 24.0 Å². The van der Waals surface area contributed by atoms with Crippen LogP contribution in [0.1, 0.15) is 22.3 Å². The largest absolute Gasteiger partial charge is 0.507 e.